The Balaban J connectivity index is 1.72. The summed E-state index contributed by atoms with van der Waals surface area (Å²) in [6.07, 6.45) is 6.98. The molecule has 0 saturated heterocycles. The van der Waals surface area contributed by atoms with E-state index in [2.05, 4.69) is 11.9 Å². The average molecular weight is 337 g/mol. The van der Waals surface area contributed by atoms with Gasteiger partial charge in [0.25, 0.3) is 0 Å². The van der Waals surface area contributed by atoms with Crippen molar-refractivity contribution in [3.05, 3.63) is 42.0 Å². The van der Waals surface area contributed by atoms with E-state index in [1.807, 2.05) is 24.3 Å². The number of ether oxygens (including phenoxy) is 1. The van der Waals surface area contributed by atoms with Crippen molar-refractivity contribution in [2.45, 2.75) is 44.6 Å². The van der Waals surface area contributed by atoms with E-state index < -0.39 is 18.4 Å². The topological polar surface area (TPSA) is 38.3 Å². The lowest BCUT2D eigenvalue weighted by Gasteiger charge is -2.22. The first-order chi connectivity index (χ1) is 11.5. The number of halogens is 2. The van der Waals surface area contributed by atoms with Crippen molar-refractivity contribution in [1.29, 1.82) is 0 Å². The molecule has 1 aliphatic carbocycles. The number of nitrogens with one attached hydrogen (secondary N) is 1. The molecule has 2 rings (SSSR count). The van der Waals surface area contributed by atoms with Gasteiger partial charge >= 0.3 is 11.9 Å². The van der Waals surface area contributed by atoms with E-state index in [1.54, 1.807) is 6.08 Å². The summed E-state index contributed by atoms with van der Waals surface area (Å²) in [5, 5.41) is 2.62. The smallest absolute Gasteiger partial charge is 0.378 e. The van der Waals surface area contributed by atoms with Gasteiger partial charge < -0.3 is 10.1 Å². The Morgan fingerprint density at radius 2 is 1.92 bits per heavy atom. The second-order valence-electron chi connectivity index (χ2n) is 6.36. The lowest BCUT2D eigenvalue weighted by Crippen LogP contribution is -2.41. The predicted octanol–water partition coefficient (Wildman–Crippen LogP) is 4.18. The number of hydrogen-bond acceptors (Lipinski definition) is 3. The van der Waals surface area contributed by atoms with E-state index in [9.17, 15) is 13.6 Å². The number of carbonyl (C=O) groups excluding carboxylic acids is 1. The van der Waals surface area contributed by atoms with Crippen molar-refractivity contribution < 1.29 is 18.3 Å². The van der Waals surface area contributed by atoms with Crippen LogP contribution in [0.25, 0.3) is 6.08 Å². The third-order valence-electron chi connectivity index (χ3n) is 4.37. The molecule has 1 aromatic carbocycles. The van der Waals surface area contributed by atoms with Crippen molar-refractivity contribution >= 4 is 12.0 Å². The molecule has 0 radical (unpaired) electrons. The Labute approximate surface area is 142 Å². The van der Waals surface area contributed by atoms with E-state index in [1.165, 1.54) is 6.42 Å². The second-order valence-corrected chi connectivity index (χ2v) is 6.36. The van der Waals surface area contributed by atoms with Crippen LogP contribution in [0.5, 0.6) is 0 Å². The molecule has 3 nitrogen and oxygen atoms in total. The van der Waals surface area contributed by atoms with Crippen molar-refractivity contribution in [1.82, 2.24) is 5.32 Å². The molecule has 24 heavy (non-hydrogen) atoms. The zero-order valence-electron chi connectivity index (χ0n) is 13.9. The predicted molar refractivity (Wildman–Crippen MR) is 90.7 cm³/mol. The fourth-order valence-corrected chi connectivity index (χ4v) is 2.86. The fourth-order valence-electron chi connectivity index (χ4n) is 2.86. The van der Waals surface area contributed by atoms with E-state index in [-0.39, 0.29) is 19.1 Å². The largest absolute Gasteiger partial charge is 0.461 e. The van der Waals surface area contributed by atoms with Crippen LogP contribution >= 0.6 is 0 Å². The van der Waals surface area contributed by atoms with E-state index in [0.717, 1.165) is 36.8 Å². The highest BCUT2D eigenvalue weighted by Gasteiger charge is 2.40. The molecule has 0 heterocycles. The van der Waals surface area contributed by atoms with Gasteiger partial charge in [-0.05, 0) is 29.9 Å². The maximum absolute atomic E-state index is 13.8. The monoisotopic (exact) mass is 337 g/mol. The summed E-state index contributed by atoms with van der Waals surface area (Å²) in [5.41, 5.74) is 1.84. The van der Waals surface area contributed by atoms with Gasteiger partial charge in [0.1, 0.15) is 0 Å². The summed E-state index contributed by atoms with van der Waals surface area (Å²) < 4.78 is 32.5. The van der Waals surface area contributed by atoms with Gasteiger partial charge in [-0.25, -0.2) is 4.79 Å². The normalized spacial score (nSPS) is 15.9. The number of esters is 1. The number of alkyl halides is 2. The number of rotatable bonds is 8. The molecule has 0 atom stereocenters. The standard InChI is InChI=1S/C19H25F2NO2/c1-2-15-8-10-16(11-9-15)12-22-14-19(20,21)18(23)24-13-17-6-4-3-5-7-17/h2,8-11,17,22H,1,3-7,12-14H2. The van der Waals surface area contributed by atoms with Gasteiger partial charge in [-0.1, -0.05) is 56.2 Å². The van der Waals surface area contributed by atoms with Crippen LogP contribution in [0.3, 0.4) is 0 Å². The van der Waals surface area contributed by atoms with Crippen LogP contribution in [0.15, 0.2) is 30.8 Å². The minimum absolute atomic E-state index is 0.109. The molecule has 1 aromatic rings. The van der Waals surface area contributed by atoms with E-state index in [4.69, 9.17) is 4.74 Å². The van der Waals surface area contributed by atoms with Gasteiger partial charge in [0, 0.05) is 6.54 Å². The lowest BCUT2D eigenvalue weighted by atomic mass is 9.90. The summed E-state index contributed by atoms with van der Waals surface area (Å²) >= 11 is 0. The number of benzene rings is 1. The molecule has 0 unspecified atom stereocenters. The molecule has 1 N–H and O–H groups in total. The van der Waals surface area contributed by atoms with Gasteiger partial charge in [-0.2, -0.15) is 8.78 Å². The van der Waals surface area contributed by atoms with Crippen LogP contribution in [-0.4, -0.2) is 25.0 Å². The first-order valence-electron chi connectivity index (χ1n) is 8.48. The van der Waals surface area contributed by atoms with Crippen molar-refractivity contribution in [2.75, 3.05) is 13.2 Å². The molecule has 1 aliphatic rings. The summed E-state index contributed by atoms with van der Waals surface area (Å²) in [4.78, 5) is 11.6. The molecule has 0 aliphatic heterocycles. The SMILES string of the molecule is C=Cc1ccc(CNCC(F)(F)C(=O)OCC2CCCCC2)cc1. The molecule has 5 heteroatoms. The summed E-state index contributed by atoms with van der Waals surface area (Å²) in [6, 6.07) is 7.40. The maximum Gasteiger partial charge on any atom is 0.378 e. The van der Waals surface area contributed by atoms with E-state index >= 15 is 0 Å². The fraction of sp³-hybridized carbons (Fsp3) is 0.526. The lowest BCUT2D eigenvalue weighted by molar-refractivity contribution is -0.173. The highest BCUT2D eigenvalue weighted by Crippen LogP contribution is 2.24. The second kappa shape index (κ2) is 8.92. The Hall–Kier alpha value is -1.75. The van der Waals surface area contributed by atoms with Crippen molar-refractivity contribution in [3.63, 3.8) is 0 Å². The molecule has 1 saturated carbocycles. The summed E-state index contributed by atoms with van der Waals surface area (Å²) in [5.74, 6) is -4.70. The third kappa shape index (κ3) is 5.71. The number of carbonyl (C=O) groups is 1. The van der Waals surface area contributed by atoms with Gasteiger partial charge in [-0.3, -0.25) is 0 Å². The zero-order chi connectivity index (χ0) is 17.4. The Morgan fingerprint density at radius 3 is 2.54 bits per heavy atom. The van der Waals surface area contributed by atoms with Gasteiger partial charge in [0.05, 0.1) is 13.2 Å². The first-order valence-corrected chi connectivity index (χ1v) is 8.48. The van der Waals surface area contributed by atoms with Gasteiger partial charge in [0.2, 0.25) is 0 Å². The van der Waals surface area contributed by atoms with Crippen molar-refractivity contribution in [3.8, 4) is 0 Å². The third-order valence-corrected chi connectivity index (χ3v) is 4.37. The molecule has 1 fully saturated rings. The quantitative estimate of drug-likeness (QED) is 0.723. The van der Waals surface area contributed by atoms with Gasteiger partial charge in [0.15, 0.2) is 0 Å². The molecule has 0 bridgehead atoms. The molecule has 0 aromatic heterocycles. The highest BCUT2D eigenvalue weighted by molar-refractivity contribution is 5.77. The van der Waals surface area contributed by atoms with Crippen LogP contribution in [0.1, 0.15) is 43.2 Å². The van der Waals surface area contributed by atoms with Crippen LogP contribution in [0.2, 0.25) is 0 Å². The van der Waals surface area contributed by atoms with Crippen molar-refractivity contribution in [2.24, 2.45) is 5.92 Å². The highest BCUT2D eigenvalue weighted by atomic mass is 19.3. The Bertz CT molecular complexity index is 537. The summed E-state index contributed by atoms with van der Waals surface area (Å²) in [6.45, 7) is 3.31. The average Bonchev–Trinajstić information content (AvgIpc) is 2.61. The Morgan fingerprint density at radius 1 is 1.25 bits per heavy atom. The minimum Gasteiger partial charge on any atom is -0.461 e. The van der Waals surface area contributed by atoms with E-state index in [0.29, 0.717) is 0 Å². The first kappa shape index (κ1) is 18.6. The molecular formula is C19H25F2NO2. The van der Waals surface area contributed by atoms with Crippen LogP contribution in [0, 0.1) is 5.92 Å². The maximum atomic E-state index is 13.8. The minimum atomic E-state index is -3.50. The Kier molecular flexibility index (Phi) is 6.91. The molecular weight excluding hydrogens is 312 g/mol. The molecule has 0 spiro atoms. The molecule has 132 valence electrons. The molecule has 0 amide bonds. The number of hydrogen-bond donors (Lipinski definition) is 1. The van der Waals surface area contributed by atoms with Gasteiger partial charge in [-0.15, -0.1) is 0 Å². The van der Waals surface area contributed by atoms with Crippen LogP contribution in [-0.2, 0) is 16.1 Å². The van der Waals surface area contributed by atoms with Crippen LogP contribution in [0.4, 0.5) is 8.78 Å². The van der Waals surface area contributed by atoms with Crippen LogP contribution < -0.4 is 5.32 Å². The zero-order valence-corrected chi connectivity index (χ0v) is 13.9. The summed E-state index contributed by atoms with van der Waals surface area (Å²) in [7, 11) is 0.